The Labute approximate surface area is 98.4 Å². The summed E-state index contributed by atoms with van der Waals surface area (Å²) in [5.74, 6) is 0.472. The van der Waals surface area contributed by atoms with Crippen molar-refractivity contribution in [3.05, 3.63) is 10.6 Å². The fraction of sp³-hybridized carbons (Fsp3) is 0.625. The molecule has 0 aromatic carbocycles. The van der Waals surface area contributed by atoms with E-state index in [0.717, 1.165) is 6.54 Å². The van der Waals surface area contributed by atoms with Crippen LogP contribution < -0.4 is 4.90 Å². The number of halogens is 2. The molecule has 0 saturated carbocycles. The van der Waals surface area contributed by atoms with Crippen molar-refractivity contribution >= 4 is 29.2 Å². The number of likely N-dealkylation sites (N-methyl/N-ethyl adjacent to an activating group) is 1. The number of hydrogen-bond donors (Lipinski definition) is 0. The molecule has 0 saturated heterocycles. The monoisotopic (exact) mass is 250 g/mol. The Hall–Kier alpha value is -0.650. The van der Waals surface area contributed by atoms with E-state index in [-0.39, 0.29) is 10.6 Å². The average Bonchev–Trinajstić information content (AvgIpc) is 2.17. The molecule has 0 aliphatic rings. The first-order valence-corrected chi connectivity index (χ1v) is 5.24. The maximum Gasteiger partial charge on any atom is 0.231 e. The maximum absolute atomic E-state index is 5.68. The summed E-state index contributed by atoms with van der Waals surface area (Å²) in [6, 6.07) is 0. The van der Waals surface area contributed by atoms with Crippen molar-refractivity contribution in [2.24, 2.45) is 0 Å². The van der Waals surface area contributed by atoms with E-state index in [9.17, 15) is 0 Å². The Morgan fingerprint density at radius 3 is 2.27 bits per heavy atom. The summed E-state index contributed by atoms with van der Waals surface area (Å²) in [5.41, 5.74) is 0. The van der Waals surface area contributed by atoms with Crippen molar-refractivity contribution in [1.29, 1.82) is 0 Å². The van der Waals surface area contributed by atoms with Crippen molar-refractivity contribution in [1.82, 2.24) is 15.0 Å². The van der Waals surface area contributed by atoms with Crippen molar-refractivity contribution < 1.29 is 4.74 Å². The van der Waals surface area contributed by atoms with E-state index in [1.165, 1.54) is 0 Å². The van der Waals surface area contributed by atoms with Crippen molar-refractivity contribution in [3.8, 4) is 0 Å². The molecular weight excluding hydrogens is 239 g/mol. The van der Waals surface area contributed by atoms with Gasteiger partial charge >= 0.3 is 0 Å². The van der Waals surface area contributed by atoms with E-state index in [1.54, 1.807) is 7.11 Å². The number of hydrogen-bond acceptors (Lipinski definition) is 5. The lowest BCUT2D eigenvalue weighted by molar-refractivity contribution is 0.205. The average molecular weight is 251 g/mol. The zero-order valence-electron chi connectivity index (χ0n) is 8.57. The summed E-state index contributed by atoms with van der Waals surface area (Å²) in [4.78, 5) is 13.6. The summed E-state index contributed by atoms with van der Waals surface area (Å²) in [6.07, 6.45) is 0. The van der Waals surface area contributed by atoms with E-state index in [1.807, 2.05) is 11.8 Å². The first-order valence-electron chi connectivity index (χ1n) is 4.48. The number of aromatic nitrogens is 3. The van der Waals surface area contributed by atoms with Gasteiger partial charge in [0.15, 0.2) is 0 Å². The minimum Gasteiger partial charge on any atom is -0.383 e. The highest BCUT2D eigenvalue weighted by Crippen LogP contribution is 2.13. The second-order valence-electron chi connectivity index (χ2n) is 2.75. The maximum atomic E-state index is 5.68. The minimum absolute atomic E-state index is 0.0980. The van der Waals surface area contributed by atoms with Gasteiger partial charge in [-0.1, -0.05) is 0 Å². The number of rotatable bonds is 5. The molecule has 0 aliphatic carbocycles. The highest BCUT2D eigenvalue weighted by molar-refractivity contribution is 6.31. The van der Waals surface area contributed by atoms with Gasteiger partial charge in [0.1, 0.15) is 0 Å². The van der Waals surface area contributed by atoms with Gasteiger partial charge in [0.05, 0.1) is 6.61 Å². The van der Waals surface area contributed by atoms with E-state index in [4.69, 9.17) is 27.9 Å². The summed E-state index contributed by atoms with van der Waals surface area (Å²) in [7, 11) is 1.64. The summed E-state index contributed by atoms with van der Waals surface area (Å²) in [6.45, 7) is 4.01. The molecule has 0 amide bonds. The molecule has 1 heterocycles. The number of methoxy groups -OCH3 is 1. The van der Waals surface area contributed by atoms with Gasteiger partial charge in [-0.2, -0.15) is 15.0 Å². The molecule has 0 aliphatic heterocycles. The molecular formula is C8H12Cl2N4O. The Bertz CT molecular complexity index is 303. The van der Waals surface area contributed by atoms with E-state index in [0.29, 0.717) is 19.1 Å². The quantitative estimate of drug-likeness (QED) is 0.796. The second-order valence-corrected chi connectivity index (χ2v) is 3.42. The van der Waals surface area contributed by atoms with Crippen LogP contribution in [0.5, 0.6) is 0 Å². The minimum atomic E-state index is 0.0980. The fourth-order valence-electron chi connectivity index (χ4n) is 1.06. The Morgan fingerprint density at radius 1 is 1.20 bits per heavy atom. The third kappa shape index (κ3) is 3.77. The Balaban J connectivity index is 2.81. The van der Waals surface area contributed by atoms with Gasteiger partial charge < -0.3 is 9.64 Å². The van der Waals surface area contributed by atoms with Crippen LogP contribution in [0.1, 0.15) is 6.92 Å². The van der Waals surface area contributed by atoms with Gasteiger partial charge in [-0.15, -0.1) is 0 Å². The lowest BCUT2D eigenvalue weighted by atomic mass is 10.5. The number of nitrogens with zero attached hydrogens (tertiary/aromatic N) is 4. The van der Waals surface area contributed by atoms with Crippen LogP contribution in [0.4, 0.5) is 5.95 Å². The van der Waals surface area contributed by atoms with Crippen LogP contribution in [-0.2, 0) is 4.74 Å². The van der Waals surface area contributed by atoms with Crippen LogP contribution in [0.3, 0.4) is 0 Å². The zero-order chi connectivity index (χ0) is 11.3. The predicted molar refractivity (Wildman–Crippen MR) is 59.6 cm³/mol. The van der Waals surface area contributed by atoms with E-state index >= 15 is 0 Å². The van der Waals surface area contributed by atoms with Crippen molar-refractivity contribution in [3.63, 3.8) is 0 Å². The third-order valence-electron chi connectivity index (χ3n) is 1.80. The Kier molecular flexibility index (Phi) is 5.01. The van der Waals surface area contributed by atoms with Gasteiger partial charge in [0.2, 0.25) is 16.5 Å². The summed E-state index contributed by atoms with van der Waals surface area (Å²) < 4.78 is 4.98. The zero-order valence-corrected chi connectivity index (χ0v) is 10.1. The first-order chi connectivity index (χ1) is 7.17. The Morgan fingerprint density at radius 2 is 1.80 bits per heavy atom. The second kappa shape index (κ2) is 6.05. The lowest BCUT2D eigenvalue weighted by Crippen LogP contribution is -2.28. The molecule has 0 radical (unpaired) electrons. The van der Waals surface area contributed by atoms with Crippen LogP contribution in [-0.4, -0.2) is 41.8 Å². The highest BCUT2D eigenvalue weighted by atomic mass is 35.5. The van der Waals surface area contributed by atoms with Crippen molar-refractivity contribution in [2.45, 2.75) is 6.92 Å². The molecule has 84 valence electrons. The third-order valence-corrected chi connectivity index (χ3v) is 2.14. The fourth-order valence-corrected chi connectivity index (χ4v) is 1.41. The standard InChI is InChI=1S/C8H12Cl2N4O/c1-3-14(4-5-15-2)8-12-6(9)11-7(10)13-8/h3-5H2,1-2H3. The van der Waals surface area contributed by atoms with Crippen molar-refractivity contribution in [2.75, 3.05) is 31.7 Å². The number of ether oxygens (including phenoxy) is 1. The molecule has 1 aromatic heterocycles. The van der Waals surface area contributed by atoms with Crippen LogP contribution in [0.15, 0.2) is 0 Å². The SMILES string of the molecule is CCN(CCOC)c1nc(Cl)nc(Cl)n1. The van der Waals surface area contributed by atoms with Crippen LogP contribution in [0.25, 0.3) is 0 Å². The lowest BCUT2D eigenvalue weighted by Gasteiger charge is -2.19. The molecule has 0 fully saturated rings. The summed E-state index contributed by atoms with van der Waals surface area (Å²) >= 11 is 11.4. The van der Waals surface area contributed by atoms with Crippen LogP contribution in [0.2, 0.25) is 10.6 Å². The molecule has 7 heteroatoms. The molecule has 0 bridgehead atoms. The van der Waals surface area contributed by atoms with Gasteiger partial charge in [-0.05, 0) is 30.1 Å². The normalized spacial score (nSPS) is 10.4. The smallest absolute Gasteiger partial charge is 0.231 e. The molecule has 15 heavy (non-hydrogen) atoms. The largest absolute Gasteiger partial charge is 0.383 e. The van der Waals surface area contributed by atoms with Crippen LogP contribution in [0, 0.1) is 0 Å². The molecule has 1 aromatic rings. The van der Waals surface area contributed by atoms with E-state index < -0.39 is 0 Å². The molecule has 5 nitrogen and oxygen atoms in total. The van der Waals surface area contributed by atoms with Gasteiger partial charge in [-0.25, -0.2) is 0 Å². The number of anilines is 1. The molecule has 0 N–H and O–H groups in total. The molecule has 0 spiro atoms. The van der Waals surface area contributed by atoms with Gasteiger partial charge in [0, 0.05) is 20.2 Å². The highest BCUT2D eigenvalue weighted by Gasteiger charge is 2.10. The summed E-state index contributed by atoms with van der Waals surface area (Å²) in [5, 5.41) is 0.196. The first kappa shape index (κ1) is 12.4. The topological polar surface area (TPSA) is 51.1 Å². The molecule has 1 rings (SSSR count). The van der Waals surface area contributed by atoms with Gasteiger partial charge in [0.25, 0.3) is 0 Å². The predicted octanol–water partition coefficient (Wildman–Crippen LogP) is 1.65. The molecule has 0 atom stereocenters. The van der Waals surface area contributed by atoms with Crippen LogP contribution >= 0.6 is 23.2 Å². The van der Waals surface area contributed by atoms with E-state index in [2.05, 4.69) is 15.0 Å². The molecule has 0 unspecified atom stereocenters. The van der Waals surface area contributed by atoms with Gasteiger partial charge in [-0.3, -0.25) is 0 Å².